The van der Waals surface area contributed by atoms with Crippen LogP contribution in [0, 0.1) is 12.7 Å². The van der Waals surface area contributed by atoms with E-state index in [-0.39, 0.29) is 5.82 Å². The lowest BCUT2D eigenvalue weighted by Gasteiger charge is -2.08. The highest BCUT2D eigenvalue weighted by Crippen LogP contribution is 2.20. The summed E-state index contributed by atoms with van der Waals surface area (Å²) in [4.78, 5) is 8.54. The van der Waals surface area contributed by atoms with E-state index in [9.17, 15) is 4.39 Å². The molecule has 0 aliphatic rings. The van der Waals surface area contributed by atoms with Gasteiger partial charge in [0.25, 0.3) is 0 Å². The average Bonchev–Trinajstić information content (AvgIpc) is 2.33. The first-order valence-electron chi connectivity index (χ1n) is 5.65. The number of hydrogen-bond acceptors (Lipinski definition) is 3. The Kier molecular flexibility index (Phi) is 3.91. The van der Waals surface area contributed by atoms with Crippen molar-refractivity contribution in [3.63, 3.8) is 0 Å². The molecule has 1 N–H and O–H groups in total. The van der Waals surface area contributed by atoms with E-state index in [0.717, 1.165) is 12.2 Å². The molecule has 0 unspecified atom stereocenters. The summed E-state index contributed by atoms with van der Waals surface area (Å²) < 4.78 is 14.1. The monoisotopic (exact) mass is 309 g/mol. The van der Waals surface area contributed by atoms with Gasteiger partial charge in [-0.1, -0.05) is 13.0 Å². The van der Waals surface area contributed by atoms with E-state index in [1.165, 1.54) is 6.07 Å². The van der Waals surface area contributed by atoms with Crippen LogP contribution in [0.3, 0.4) is 0 Å². The summed E-state index contributed by atoms with van der Waals surface area (Å²) in [6.45, 7) is 3.71. The van der Waals surface area contributed by atoms with Crippen molar-refractivity contribution in [2.24, 2.45) is 0 Å². The van der Waals surface area contributed by atoms with Gasteiger partial charge in [-0.25, -0.2) is 14.4 Å². The van der Waals surface area contributed by atoms with Crippen LogP contribution >= 0.6 is 15.9 Å². The molecule has 0 radical (unpaired) electrons. The number of nitrogens with zero attached hydrogens (tertiary/aromatic N) is 2. The number of anilines is 2. The van der Waals surface area contributed by atoms with Gasteiger partial charge in [0.1, 0.15) is 22.1 Å². The van der Waals surface area contributed by atoms with Crippen LogP contribution in [-0.2, 0) is 6.42 Å². The molecule has 0 saturated carbocycles. The highest BCUT2D eigenvalue weighted by atomic mass is 79.9. The van der Waals surface area contributed by atoms with Crippen LogP contribution < -0.4 is 5.32 Å². The Morgan fingerprint density at radius 3 is 2.72 bits per heavy atom. The minimum Gasteiger partial charge on any atom is -0.340 e. The summed E-state index contributed by atoms with van der Waals surface area (Å²) in [6.07, 6.45) is 0.746. The summed E-state index contributed by atoms with van der Waals surface area (Å²) in [7, 11) is 0. The van der Waals surface area contributed by atoms with E-state index >= 15 is 0 Å². The SMILES string of the molecule is CCc1nc(Br)cc(Nc2ccc(C)c(F)c2)n1. The number of benzene rings is 1. The lowest BCUT2D eigenvalue weighted by Crippen LogP contribution is -2.00. The molecule has 94 valence electrons. The molecule has 1 aromatic heterocycles. The van der Waals surface area contributed by atoms with Crippen molar-refractivity contribution in [2.45, 2.75) is 20.3 Å². The minimum atomic E-state index is -0.233. The summed E-state index contributed by atoms with van der Waals surface area (Å²) in [6, 6.07) is 6.77. The molecule has 0 aliphatic carbocycles. The van der Waals surface area contributed by atoms with E-state index in [4.69, 9.17) is 0 Å². The van der Waals surface area contributed by atoms with Crippen molar-refractivity contribution in [2.75, 3.05) is 5.32 Å². The van der Waals surface area contributed by atoms with Gasteiger partial charge in [-0.15, -0.1) is 0 Å². The number of nitrogens with one attached hydrogen (secondary N) is 1. The highest BCUT2D eigenvalue weighted by Gasteiger charge is 2.04. The number of aryl methyl sites for hydroxylation is 2. The lowest BCUT2D eigenvalue weighted by molar-refractivity contribution is 0.619. The molecule has 0 spiro atoms. The largest absolute Gasteiger partial charge is 0.340 e. The van der Waals surface area contributed by atoms with Crippen molar-refractivity contribution in [3.05, 3.63) is 46.1 Å². The van der Waals surface area contributed by atoms with Gasteiger partial charge in [0.2, 0.25) is 0 Å². The predicted molar refractivity (Wildman–Crippen MR) is 73.5 cm³/mol. The Morgan fingerprint density at radius 2 is 2.06 bits per heavy atom. The molecular formula is C13H13BrFN3. The van der Waals surface area contributed by atoms with Crippen molar-refractivity contribution < 1.29 is 4.39 Å². The molecule has 1 heterocycles. The fourth-order valence-electron chi connectivity index (χ4n) is 1.51. The molecule has 0 atom stereocenters. The van der Waals surface area contributed by atoms with Crippen LogP contribution in [0.15, 0.2) is 28.9 Å². The van der Waals surface area contributed by atoms with Gasteiger partial charge in [-0.2, -0.15) is 0 Å². The second-order valence-electron chi connectivity index (χ2n) is 3.93. The van der Waals surface area contributed by atoms with Crippen LogP contribution in [0.25, 0.3) is 0 Å². The maximum Gasteiger partial charge on any atom is 0.135 e. The van der Waals surface area contributed by atoms with Gasteiger partial charge in [0.15, 0.2) is 0 Å². The Bertz CT molecular complexity index is 572. The van der Waals surface area contributed by atoms with Crippen LogP contribution in [0.1, 0.15) is 18.3 Å². The number of halogens is 2. The van der Waals surface area contributed by atoms with Crippen molar-refractivity contribution in [1.82, 2.24) is 9.97 Å². The second-order valence-corrected chi connectivity index (χ2v) is 4.75. The van der Waals surface area contributed by atoms with Crippen LogP contribution in [0.4, 0.5) is 15.9 Å². The zero-order valence-corrected chi connectivity index (χ0v) is 11.8. The fourth-order valence-corrected chi connectivity index (χ4v) is 1.93. The first kappa shape index (κ1) is 13.0. The molecule has 5 heteroatoms. The Hall–Kier alpha value is -1.49. The van der Waals surface area contributed by atoms with Gasteiger partial charge in [0, 0.05) is 18.2 Å². The Morgan fingerprint density at radius 1 is 1.28 bits per heavy atom. The Labute approximate surface area is 114 Å². The zero-order chi connectivity index (χ0) is 13.1. The zero-order valence-electron chi connectivity index (χ0n) is 10.2. The van der Waals surface area contributed by atoms with Crippen LogP contribution in [0.2, 0.25) is 0 Å². The smallest absolute Gasteiger partial charge is 0.135 e. The van der Waals surface area contributed by atoms with Gasteiger partial charge in [0.05, 0.1) is 0 Å². The molecule has 3 nitrogen and oxygen atoms in total. The number of aromatic nitrogens is 2. The summed E-state index contributed by atoms with van der Waals surface area (Å²) in [5.74, 6) is 1.15. The van der Waals surface area contributed by atoms with Gasteiger partial charge in [-0.3, -0.25) is 0 Å². The predicted octanol–water partition coefficient (Wildman–Crippen LogP) is 3.99. The summed E-state index contributed by atoms with van der Waals surface area (Å²) in [5.41, 5.74) is 1.30. The molecule has 1 aromatic carbocycles. The van der Waals surface area contributed by atoms with Gasteiger partial charge < -0.3 is 5.32 Å². The molecule has 0 amide bonds. The molecule has 2 aromatic rings. The maximum atomic E-state index is 13.4. The average molecular weight is 310 g/mol. The molecule has 0 aliphatic heterocycles. The van der Waals surface area contributed by atoms with Crippen LogP contribution in [0.5, 0.6) is 0 Å². The third-order valence-corrected chi connectivity index (χ3v) is 2.91. The first-order valence-corrected chi connectivity index (χ1v) is 6.44. The quantitative estimate of drug-likeness (QED) is 0.871. The first-order chi connectivity index (χ1) is 8.58. The highest BCUT2D eigenvalue weighted by molar-refractivity contribution is 9.10. The summed E-state index contributed by atoms with van der Waals surface area (Å²) in [5, 5.41) is 3.07. The van der Waals surface area contributed by atoms with Crippen LogP contribution in [-0.4, -0.2) is 9.97 Å². The van der Waals surface area contributed by atoms with E-state index in [0.29, 0.717) is 21.7 Å². The standard InChI is InChI=1S/C13H13BrFN3/c1-3-12-17-11(14)7-13(18-12)16-9-5-4-8(2)10(15)6-9/h4-7H,3H2,1-2H3,(H,16,17,18). The molecule has 0 saturated heterocycles. The lowest BCUT2D eigenvalue weighted by atomic mass is 10.2. The van der Waals surface area contributed by atoms with E-state index in [1.807, 2.05) is 13.0 Å². The second kappa shape index (κ2) is 5.44. The van der Waals surface area contributed by atoms with E-state index in [2.05, 4.69) is 31.2 Å². The maximum absolute atomic E-state index is 13.4. The van der Waals surface area contributed by atoms with Crippen molar-refractivity contribution in [1.29, 1.82) is 0 Å². The van der Waals surface area contributed by atoms with E-state index in [1.54, 1.807) is 19.1 Å². The van der Waals surface area contributed by atoms with Crippen molar-refractivity contribution in [3.8, 4) is 0 Å². The third kappa shape index (κ3) is 3.04. The molecule has 18 heavy (non-hydrogen) atoms. The van der Waals surface area contributed by atoms with Crippen molar-refractivity contribution >= 4 is 27.4 Å². The molecule has 0 bridgehead atoms. The number of hydrogen-bond donors (Lipinski definition) is 1. The van der Waals surface area contributed by atoms with Gasteiger partial charge in [-0.05, 0) is 40.5 Å². The minimum absolute atomic E-state index is 0.233. The number of rotatable bonds is 3. The fraction of sp³-hybridized carbons (Fsp3) is 0.231. The molecule has 0 fully saturated rings. The topological polar surface area (TPSA) is 37.8 Å². The Balaban J connectivity index is 2.27. The normalized spacial score (nSPS) is 10.4. The van der Waals surface area contributed by atoms with Gasteiger partial charge >= 0.3 is 0 Å². The van der Waals surface area contributed by atoms with E-state index < -0.39 is 0 Å². The molecular weight excluding hydrogens is 297 g/mol. The third-order valence-electron chi connectivity index (χ3n) is 2.50. The summed E-state index contributed by atoms with van der Waals surface area (Å²) >= 11 is 3.33. The molecule has 2 rings (SSSR count).